The van der Waals surface area contributed by atoms with Crippen molar-refractivity contribution in [2.75, 3.05) is 12.3 Å². The second-order valence-corrected chi connectivity index (χ2v) is 5.14. The third-order valence-electron chi connectivity index (χ3n) is 3.96. The molecule has 0 amide bonds. The van der Waals surface area contributed by atoms with Gasteiger partial charge in [-0.1, -0.05) is 0 Å². The maximum absolute atomic E-state index is 11.8. The lowest BCUT2D eigenvalue weighted by atomic mass is 10.1. The summed E-state index contributed by atoms with van der Waals surface area (Å²) in [5.74, 6) is -0.402. The molecular formula is C12H16N4O4. The smallest absolute Gasteiger partial charge is 0.261 e. The summed E-state index contributed by atoms with van der Waals surface area (Å²) >= 11 is 0. The number of hydrogen-bond acceptors (Lipinski definition) is 6. The number of fused-ring (bicyclic) bond motifs is 1. The number of hydrogen-bond donors (Lipinski definition) is 5. The number of nitrogens with one attached hydrogen (secondary N) is 1. The highest BCUT2D eigenvalue weighted by Crippen LogP contribution is 2.36. The van der Waals surface area contributed by atoms with Gasteiger partial charge < -0.3 is 25.6 Å². The Balaban J connectivity index is 2.09. The Bertz CT molecular complexity index is 694. The number of rotatable bonds is 2. The number of aliphatic hydroxyl groups is 3. The molecule has 2 aromatic rings. The summed E-state index contributed by atoms with van der Waals surface area (Å²) in [6.45, 7) is -0.204. The lowest BCUT2D eigenvalue weighted by Gasteiger charge is -2.18. The van der Waals surface area contributed by atoms with Gasteiger partial charge in [-0.15, -0.1) is 0 Å². The number of H-pyrrole nitrogens is 1. The van der Waals surface area contributed by atoms with Crippen LogP contribution in [0.5, 0.6) is 0 Å². The van der Waals surface area contributed by atoms with Gasteiger partial charge in [0.25, 0.3) is 5.56 Å². The molecule has 0 saturated heterocycles. The summed E-state index contributed by atoms with van der Waals surface area (Å²) in [6.07, 6.45) is 0.0100. The van der Waals surface area contributed by atoms with Crippen molar-refractivity contribution in [2.45, 2.75) is 24.7 Å². The molecule has 0 bridgehead atoms. The number of nitrogens with zero attached hydrogens (tertiary/aromatic N) is 2. The van der Waals surface area contributed by atoms with E-state index < -0.39 is 24.2 Å². The van der Waals surface area contributed by atoms with E-state index in [1.54, 1.807) is 16.8 Å². The monoisotopic (exact) mass is 280 g/mol. The van der Waals surface area contributed by atoms with Crippen molar-refractivity contribution in [1.82, 2.24) is 14.5 Å². The Kier molecular flexibility index (Phi) is 3.00. The van der Waals surface area contributed by atoms with Gasteiger partial charge >= 0.3 is 0 Å². The standard InChI is InChI=1S/C12H16N4O4/c13-12-14-10-6(11(20)15-12)1-2-16(10)7-3-5(4-17)8(18)9(7)19/h1-2,5,7-9,17-19H,3-4H2,(H3,13,14,15,20)/t5-,7-,8-,9+/m1/s1. The van der Waals surface area contributed by atoms with Gasteiger partial charge in [-0.3, -0.25) is 9.78 Å². The molecular weight excluding hydrogens is 264 g/mol. The highest BCUT2D eigenvalue weighted by molar-refractivity contribution is 5.76. The van der Waals surface area contributed by atoms with Crippen LogP contribution in [0.2, 0.25) is 0 Å². The minimum absolute atomic E-state index is 0.00538. The number of aromatic amines is 1. The van der Waals surface area contributed by atoms with Crippen molar-refractivity contribution >= 4 is 17.0 Å². The summed E-state index contributed by atoms with van der Waals surface area (Å²) in [6, 6.07) is 1.14. The quantitative estimate of drug-likeness (QED) is 0.458. The lowest BCUT2D eigenvalue weighted by molar-refractivity contribution is -0.00365. The normalized spacial score (nSPS) is 30.1. The summed E-state index contributed by atoms with van der Waals surface area (Å²) < 4.78 is 1.63. The van der Waals surface area contributed by atoms with Crippen molar-refractivity contribution in [1.29, 1.82) is 0 Å². The predicted octanol–water partition coefficient (Wildman–Crippen LogP) is -1.42. The van der Waals surface area contributed by atoms with Crippen molar-refractivity contribution in [2.24, 2.45) is 5.92 Å². The van der Waals surface area contributed by atoms with E-state index in [0.29, 0.717) is 17.5 Å². The molecule has 0 unspecified atom stereocenters. The molecule has 0 aromatic carbocycles. The van der Waals surface area contributed by atoms with Gasteiger partial charge in [0, 0.05) is 18.7 Å². The van der Waals surface area contributed by atoms with Crippen molar-refractivity contribution < 1.29 is 15.3 Å². The third kappa shape index (κ3) is 1.80. The van der Waals surface area contributed by atoms with E-state index in [1.165, 1.54) is 0 Å². The first-order valence-corrected chi connectivity index (χ1v) is 6.36. The van der Waals surface area contributed by atoms with Gasteiger partial charge in [-0.05, 0) is 12.5 Å². The average molecular weight is 280 g/mol. The Labute approximate surface area is 113 Å². The van der Waals surface area contributed by atoms with Gasteiger partial charge in [0.15, 0.2) is 0 Å². The van der Waals surface area contributed by atoms with Gasteiger partial charge in [0.1, 0.15) is 11.8 Å². The van der Waals surface area contributed by atoms with E-state index in [4.69, 9.17) is 5.73 Å². The van der Waals surface area contributed by atoms with E-state index in [9.17, 15) is 20.1 Å². The minimum Gasteiger partial charge on any atom is -0.396 e. The largest absolute Gasteiger partial charge is 0.396 e. The van der Waals surface area contributed by atoms with Crippen LogP contribution in [0.3, 0.4) is 0 Å². The Morgan fingerprint density at radius 3 is 2.85 bits per heavy atom. The van der Waals surface area contributed by atoms with Crippen LogP contribution in [-0.4, -0.2) is 48.7 Å². The zero-order valence-electron chi connectivity index (χ0n) is 10.6. The van der Waals surface area contributed by atoms with E-state index in [2.05, 4.69) is 9.97 Å². The van der Waals surface area contributed by atoms with E-state index in [1.807, 2.05) is 0 Å². The summed E-state index contributed by atoms with van der Waals surface area (Å²) in [4.78, 5) is 18.2. The van der Waals surface area contributed by atoms with Gasteiger partial charge in [-0.25, -0.2) is 0 Å². The Morgan fingerprint density at radius 1 is 1.45 bits per heavy atom. The molecule has 2 heterocycles. The second kappa shape index (κ2) is 4.58. The van der Waals surface area contributed by atoms with Crippen LogP contribution in [0.25, 0.3) is 11.0 Å². The predicted molar refractivity (Wildman–Crippen MR) is 71.0 cm³/mol. The van der Waals surface area contributed by atoms with Crippen molar-refractivity contribution in [3.8, 4) is 0 Å². The van der Waals surface area contributed by atoms with Crippen LogP contribution in [0.4, 0.5) is 5.95 Å². The third-order valence-corrected chi connectivity index (χ3v) is 3.96. The number of aliphatic hydroxyl groups excluding tert-OH is 3. The molecule has 2 aromatic heterocycles. The molecule has 1 fully saturated rings. The second-order valence-electron chi connectivity index (χ2n) is 5.14. The number of nitrogen functional groups attached to an aromatic ring is 1. The fourth-order valence-electron chi connectivity index (χ4n) is 2.88. The molecule has 8 heteroatoms. The van der Waals surface area contributed by atoms with Crippen LogP contribution in [0.15, 0.2) is 17.1 Å². The number of anilines is 1. The van der Waals surface area contributed by atoms with Gasteiger partial charge in [0.05, 0.1) is 17.5 Å². The summed E-state index contributed by atoms with van der Waals surface area (Å²) in [7, 11) is 0. The van der Waals surface area contributed by atoms with E-state index in [-0.39, 0.29) is 18.1 Å². The fourth-order valence-corrected chi connectivity index (χ4v) is 2.88. The molecule has 1 saturated carbocycles. The maximum atomic E-state index is 11.8. The Morgan fingerprint density at radius 2 is 2.20 bits per heavy atom. The molecule has 108 valence electrons. The van der Waals surface area contributed by atoms with E-state index in [0.717, 1.165) is 0 Å². The fraction of sp³-hybridized carbons (Fsp3) is 0.500. The molecule has 1 aliphatic rings. The lowest BCUT2D eigenvalue weighted by Crippen LogP contribution is -2.30. The molecule has 4 atom stereocenters. The van der Waals surface area contributed by atoms with Crippen molar-refractivity contribution in [3.05, 3.63) is 22.6 Å². The van der Waals surface area contributed by atoms with Crippen LogP contribution in [-0.2, 0) is 0 Å². The molecule has 6 N–H and O–H groups in total. The molecule has 20 heavy (non-hydrogen) atoms. The van der Waals surface area contributed by atoms with Gasteiger partial charge in [-0.2, -0.15) is 4.98 Å². The summed E-state index contributed by atoms with van der Waals surface area (Å²) in [5, 5.41) is 29.5. The number of aromatic nitrogens is 3. The van der Waals surface area contributed by atoms with Gasteiger partial charge in [0.2, 0.25) is 5.95 Å². The maximum Gasteiger partial charge on any atom is 0.261 e. The highest BCUT2D eigenvalue weighted by Gasteiger charge is 2.42. The first kappa shape index (κ1) is 13.1. The van der Waals surface area contributed by atoms with E-state index >= 15 is 0 Å². The van der Waals surface area contributed by atoms with Crippen LogP contribution in [0.1, 0.15) is 12.5 Å². The summed E-state index contributed by atoms with van der Waals surface area (Å²) in [5.41, 5.74) is 5.55. The Hall–Kier alpha value is -1.90. The molecule has 3 rings (SSSR count). The zero-order chi connectivity index (χ0) is 14.4. The molecule has 0 spiro atoms. The first-order valence-electron chi connectivity index (χ1n) is 6.36. The first-order chi connectivity index (χ1) is 9.52. The topological polar surface area (TPSA) is 137 Å². The van der Waals surface area contributed by atoms with Crippen molar-refractivity contribution in [3.63, 3.8) is 0 Å². The molecule has 0 aliphatic heterocycles. The highest BCUT2D eigenvalue weighted by atomic mass is 16.3. The average Bonchev–Trinajstić information content (AvgIpc) is 2.93. The molecule has 1 aliphatic carbocycles. The minimum atomic E-state index is -1.02. The zero-order valence-corrected chi connectivity index (χ0v) is 10.6. The SMILES string of the molecule is Nc1nc2c(ccn2[C@@H]2C[C@H](CO)[C@@H](O)[C@H]2O)c(=O)[nH]1. The molecule has 8 nitrogen and oxygen atoms in total. The number of nitrogens with two attached hydrogens (primary N) is 1. The van der Waals surface area contributed by atoms with Crippen LogP contribution < -0.4 is 11.3 Å². The van der Waals surface area contributed by atoms with Crippen LogP contribution in [0, 0.1) is 5.92 Å². The van der Waals surface area contributed by atoms with Crippen LogP contribution >= 0.6 is 0 Å². The molecule has 0 radical (unpaired) electrons.